The van der Waals surface area contributed by atoms with Gasteiger partial charge in [0.2, 0.25) is 6.04 Å². The number of ether oxygens (including phenoxy) is 4. The summed E-state index contributed by atoms with van der Waals surface area (Å²) in [4.78, 5) is 12.7. The summed E-state index contributed by atoms with van der Waals surface area (Å²) in [5.74, 6) is -0.639. The monoisotopic (exact) mass is 503 g/mol. The van der Waals surface area contributed by atoms with Gasteiger partial charge in [0.05, 0.1) is 32.8 Å². The quantitative estimate of drug-likeness (QED) is 0.203. The number of benzene rings is 3. The van der Waals surface area contributed by atoms with Crippen LogP contribution in [0.5, 0.6) is 0 Å². The first kappa shape index (κ1) is 26.5. The first-order chi connectivity index (χ1) is 18.2. The fraction of sp³-hybridized carbons (Fsp3) is 0.333. The second kappa shape index (κ2) is 13.7. The maximum absolute atomic E-state index is 13.5. The molecule has 0 unspecified atom stereocenters. The van der Waals surface area contributed by atoms with Crippen LogP contribution in [0.2, 0.25) is 0 Å². The summed E-state index contributed by atoms with van der Waals surface area (Å²) in [7, 11) is 0. The van der Waals surface area contributed by atoms with E-state index in [-0.39, 0.29) is 25.3 Å². The summed E-state index contributed by atoms with van der Waals surface area (Å²) in [5.41, 5.74) is 2.98. The minimum absolute atomic E-state index is 0.0211. The van der Waals surface area contributed by atoms with Gasteiger partial charge in [0, 0.05) is 0 Å². The number of nitrogens with zero attached hydrogens (tertiary/aromatic N) is 1. The van der Waals surface area contributed by atoms with Crippen molar-refractivity contribution < 1.29 is 28.5 Å². The lowest BCUT2D eigenvalue weighted by Crippen LogP contribution is -2.56. The standard InChI is InChI=1S/C30H33NO6/c1-2-35-30(32)26-18-28(36-20-24-14-8-4-9-15-24)29(37-21-25-16-10-5-11-17-25)27(31(26)33)22-34-19-23-12-6-3-7-13-23/h3-17,27-29H,2,18-22H2,1H3/t27-,28+,29+/m0/s1. The summed E-state index contributed by atoms with van der Waals surface area (Å²) < 4.78 is 24.5. The van der Waals surface area contributed by atoms with Gasteiger partial charge in [-0.1, -0.05) is 91.0 Å². The third kappa shape index (κ3) is 7.49. The molecule has 0 spiro atoms. The Morgan fingerprint density at radius 2 is 1.32 bits per heavy atom. The zero-order valence-electron chi connectivity index (χ0n) is 21.0. The van der Waals surface area contributed by atoms with Crippen LogP contribution in [0.3, 0.4) is 0 Å². The van der Waals surface area contributed by atoms with E-state index in [9.17, 15) is 10.0 Å². The van der Waals surface area contributed by atoms with Gasteiger partial charge in [-0.05, 0) is 23.6 Å². The van der Waals surface area contributed by atoms with E-state index in [1.54, 1.807) is 6.92 Å². The molecule has 1 aliphatic rings. The number of carbonyl (C=O) groups excluding carboxylic acids is 1. The molecule has 0 aliphatic carbocycles. The largest absolute Gasteiger partial charge is 0.623 e. The number of hydroxylamine groups is 1. The van der Waals surface area contributed by atoms with Gasteiger partial charge in [0.25, 0.3) is 5.71 Å². The average Bonchev–Trinajstić information content (AvgIpc) is 2.94. The third-order valence-electron chi connectivity index (χ3n) is 6.21. The van der Waals surface area contributed by atoms with Crippen molar-refractivity contribution in [1.82, 2.24) is 0 Å². The first-order valence-corrected chi connectivity index (χ1v) is 12.6. The highest BCUT2D eigenvalue weighted by atomic mass is 16.6. The van der Waals surface area contributed by atoms with Crippen molar-refractivity contribution in [2.45, 2.75) is 51.4 Å². The summed E-state index contributed by atoms with van der Waals surface area (Å²) in [6.07, 6.45) is -1.08. The van der Waals surface area contributed by atoms with Crippen molar-refractivity contribution >= 4 is 11.7 Å². The fourth-order valence-electron chi connectivity index (χ4n) is 4.32. The number of esters is 1. The van der Waals surface area contributed by atoms with E-state index >= 15 is 0 Å². The summed E-state index contributed by atoms with van der Waals surface area (Å²) >= 11 is 0. The minimum atomic E-state index is -0.790. The molecule has 0 N–H and O–H groups in total. The van der Waals surface area contributed by atoms with Crippen molar-refractivity contribution in [2.75, 3.05) is 13.2 Å². The molecule has 4 rings (SSSR count). The summed E-state index contributed by atoms with van der Waals surface area (Å²) in [6.45, 7) is 2.91. The van der Waals surface area contributed by atoms with E-state index in [0.717, 1.165) is 16.7 Å². The zero-order chi connectivity index (χ0) is 25.9. The SMILES string of the molecule is CCOC(=O)C1=[N+]([O-])[C@@H](COCc2ccccc2)[C@@H](OCc2ccccc2)[C@H](OCc2ccccc2)C1. The van der Waals surface area contributed by atoms with Crippen LogP contribution in [-0.4, -0.2) is 47.9 Å². The topological polar surface area (TPSA) is 80.1 Å². The van der Waals surface area contributed by atoms with Gasteiger partial charge >= 0.3 is 5.97 Å². The maximum Gasteiger partial charge on any atom is 0.399 e. The molecule has 7 heteroatoms. The molecular formula is C30H33NO6. The molecule has 0 amide bonds. The second-order valence-electron chi connectivity index (χ2n) is 8.86. The molecular weight excluding hydrogens is 470 g/mol. The molecule has 3 aromatic rings. The Morgan fingerprint density at radius 3 is 1.86 bits per heavy atom. The van der Waals surface area contributed by atoms with Crippen LogP contribution in [0.25, 0.3) is 0 Å². The first-order valence-electron chi connectivity index (χ1n) is 12.6. The Bertz CT molecular complexity index is 1140. The van der Waals surface area contributed by atoms with Gasteiger partial charge in [0.15, 0.2) is 0 Å². The molecule has 0 aromatic heterocycles. The lowest BCUT2D eigenvalue weighted by molar-refractivity contribution is -0.531. The number of hydrogen-bond donors (Lipinski definition) is 0. The van der Waals surface area contributed by atoms with Crippen molar-refractivity contribution in [3.8, 4) is 0 Å². The van der Waals surface area contributed by atoms with Gasteiger partial charge in [-0.3, -0.25) is 0 Å². The second-order valence-corrected chi connectivity index (χ2v) is 8.86. The molecule has 1 aliphatic heterocycles. The molecule has 1 heterocycles. The van der Waals surface area contributed by atoms with Gasteiger partial charge in [-0.2, -0.15) is 4.74 Å². The van der Waals surface area contributed by atoms with E-state index in [1.165, 1.54) is 0 Å². The molecule has 0 saturated heterocycles. The number of hydrogen-bond acceptors (Lipinski definition) is 6. The lowest BCUT2D eigenvalue weighted by Gasteiger charge is -2.36. The average molecular weight is 504 g/mol. The lowest BCUT2D eigenvalue weighted by atomic mass is 9.95. The van der Waals surface area contributed by atoms with Crippen molar-refractivity contribution in [1.29, 1.82) is 0 Å². The smallest absolute Gasteiger partial charge is 0.399 e. The van der Waals surface area contributed by atoms with E-state index in [2.05, 4.69) is 0 Å². The minimum Gasteiger partial charge on any atom is -0.623 e. The Morgan fingerprint density at radius 1 is 0.811 bits per heavy atom. The van der Waals surface area contributed by atoms with E-state index < -0.39 is 24.2 Å². The zero-order valence-corrected chi connectivity index (χ0v) is 21.0. The van der Waals surface area contributed by atoms with Crippen LogP contribution in [0.4, 0.5) is 0 Å². The van der Waals surface area contributed by atoms with Crippen LogP contribution < -0.4 is 0 Å². The predicted octanol–water partition coefficient (Wildman–Crippen LogP) is 4.66. The van der Waals surface area contributed by atoms with Gasteiger partial charge in [0.1, 0.15) is 18.8 Å². The van der Waals surface area contributed by atoms with Gasteiger partial charge in [-0.25, -0.2) is 4.79 Å². The van der Waals surface area contributed by atoms with Crippen molar-refractivity contribution in [3.63, 3.8) is 0 Å². The highest BCUT2D eigenvalue weighted by Gasteiger charge is 2.46. The van der Waals surface area contributed by atoms with Crippen LogP contribution in [0.15, 0.2) is 91.0 Å². The maximum atomic E-state index is 13.5. The molecule has 0 radical (unpaired) electrons. The third-order valence-corrected chi connectivity index (χ3v) is 6.21. The molecule has 0 saturated carbocycles. The van der Waals surface area contributed by atoms with Gasteiger partial charge in [-0.15, -0.1) is 0 Å². The molecule has 7 nitrogen and oxygen atoms in total. The molecule has 0 fully saturated rings. The fourth-order valence-corrected chi connectivity index (χ4v) is 4.32. The van der Waals surface area contributed by atoms with Crippen LogP contribution in [0.1, 0.15) is 30.0 Å². The van der Waals surface area contributed by atoms with E-state index in [1.807, 2.05) is 91.0 Å². The van der Waals surface area contributed by atoms with Crippen molar-refractivity contribution in [2.24, 2.45) is 0 Å². The number of carbonyl (C=O) groups is 1. The van der Waals surface area contributed by atoms with Crippen molar-refractivity contribution in [3.05, 3.63) is 113 Å². The molecule has 0 bridgehead atoms. The van der Waals surface area contributed by atoms with Crippen LogP contribution in [-0.2, 0) is 43.6 Å². The van der Waals surface area contributed by atoms with Crippen LogP contribution >= 0.6 is 0 Å². The predicted molar refractivity (Wildman–Crippen MR) is 140 cm³/mol. The highest BCUT2D eigenvalue weighted by Crippen LogP contribution is 2.25. The van der Waals surface area contributed by atoms with E-state index in [4.69, 9.17) is 18.9 Å². The van der Waals surface area contributed by atoms with E-state index in [0.29, 0.717) is 24.6 Å². The Labute approximate surface area is 217 Å². The number of rotatable bonds is 12. The summed E-state index contributed by atoms with van der Waals surface area (Å²) in [6, 6.07) is 28.5. The normalized spacial score (nSPS) is 19.5. The Balaban J connectivity index is 1.58. The molecule has 37 heavy (non-hydrogen) atoms. The molecule has 3 atom stereocenters. The Kier molecular flexibility index (Phi) is 9.82. The molecule has 3 aromatic carbocycles. The van der Waals surface area contributed by atoms with Crippen LogP contribution in [0, 0.1) is 5.21 Å². The van der Waals surface area contributed by atoms with Gasteiger partial charge < -0.3 is 24.2 Å². The highest BCUT2D eigenvalue weighted by molar-refractivity contribution is 6.34. The summed E-state index contributed by atoms with van der Waals surface area (Å²) in [5, 5.41) is 13.5. The Hall–Kier alpha value is -3.52. The molecule has 194 valence electrons.